The molecule has 0 spiro atoms. The molecule has 0 aromatic heterocycles. The van der Waals surface area contributed by atoms with Crippen LogP contribution in [0.4, 0.5) is 4.39 Å². The van der Waals surface area contributed by atoms with Crippen LogP contribution in [-0.4, -0.2) is 30.5 Å². The smallest absolute Gasteiger partial charge is 0.258 e. The Kier molecular flexibility index (Phi) is 5.04. The molecular formula is C20H23FN2O2. The highest BCUT2D eigenvalue weighted by atomic mass is 19.1. The van der Waals surface area contributed by atoms with Gasteiger partial charge >= 0.3 is 0 Å². The van der Waals surface area contributed by atoms with Crippen LogP contribution in [0.25, 0.3) is 0 Å². The summed E-state index contributed by atoms with van der Waals surface area (Å²) >= 11 is 0. The van der Waals surface area contributed by atoms with E-state index in [0.29, 0.717) is 31.0 Å². The van der Waals surface area contributed by atoms with E-state index < -0.39 is 0 Å². The van der Waals surface area contributed by atoms with Crippen molar-refractivity contribution in [2.45, 2.75) is 26.3 Å². The predicted molar refractivity (Wildman–Crippen MR) is 95.3 cm³/mol. The molecule has 1 aliphatic heterocycles. The van der Waals surface area contributed by atoms with Crippen molar-refractivity contribution in [3.63, 3.8) is 0 Å². The zero-order valence-electron chi connectivity index (χ0n) is 14.6. The highest BCUT2D eigenvalue weighted by molar-refractivity contribution is 5.97. The summed E-state index contributed by atoms with van der Waals surface area (Å²) in [5.41, 5.74) is 8.99. The number of nitrogens with two attached hydrogens (primary N) is 1. The molecule has 0 aliphatic carbocycles. The average Bonchev–Trinajstić information content (AvgIpc) is 2.61. The fourth-order valence-electron chi connectivity index (χ4n) is 3.32. The van der Waals surface area contributed by atoms with Crippen LogP contribution >= 0.6 is 0 Å². The number of halogens is 1. The van der Waals surface area contributed by atoms with E-state index in [4.69, 9.17) is 10.5 Å². The molecule has 5 heteroatoms. The first-order valence-electron chi connectivity index (χ1n) is 8.54. The molecule has 1 amide bonds. The van der Waals surface area contributed by atoms with Crippen molar-refractivity contribution in [2.75, 3.05) is 19.7 Å². The SMILES string of the molecule is Cc1ccc(OCCN)c(C(=O)N2CCc3ccc(F)cc3[C@@H]2C)c1. The van der Waals surface area contributed by atoms with Crippen LogP contribution in [-0.2, 0) is 6.42 Å². The van der Waals surface area contributed by atoms with E-state index in [2.05, 4.69) is 0 Å². The van der Waals surface area contributed by atoms with Crippen molar-refractivity contribution in [3.05, 3.63) is 64.5 Å². The maximum atomic E-state index is 13.6. The van der Waals surface area contributed by atoms with Crippen molar-refractivity contribution in [1.29, 1.82) is 0 Å². The molecule has 0 unspecified atom stereocenters. The normalized spacial score (nSPS) is 16.5. The minimum atomic E-state index is -0.276. The van der Waals surface area contributed by atoms with Crippen LogP contribution in [0.1, 0.15) is 40.0 Å². The van der Waals surface area contributed by atoms with Crippen LogP contribution < -0.4 is 10.5 Å². The van der Waals surface area contributed by atoms with Crippen LogP contribution in [0.15, 0.2) is 36.4 Å². The van der Waals surface area contributed by atoms with E-state index in [9.17, 15) is 9.18 Å². The second kappa shape index (κ2) is 7.23. The molecule has 2 N–H and O–H groups in total. The first kappa shape index (κ1) is 17.4. The zero-order chi connectivity index (χ0) is 18.0. The lowest BCUT2D eigenvalue weighted by Gasteiger charge is -2.35. The lowest BCUT2D eigenvalue weighted by atomic mass is 9.92. The maximum absolute atomic E-state index is 13.6. The highest BCUT2D eigenvalue weighted by Gasteiger charge is 2.30. The van der Waals surface area contributed by atoms with Crippen molar-refractivity contribution in [2.24, 2.45) is 5.73 Å². The quantitative estimate of drug-likeness (QED) is 0.928. The van der Waals surface area contributed by atoms with E-state index in [0.717, 1.165) is 23.1 Å². The summed E-state index contributed by atoms with van der Waals surface area (Å²) in [5, 5.41) is 0. The van der Waals surface area contributed by atoms with Crippen LogP contribution in [0.2, 0.25) is 0 Å². The van der Waals surface area contributed by atoms with Crippen LogP contribution in [0.3, 0.4) is 0 Å². The molecule has 4 nitrogen and oxygen atoms in total. The third kappa shape index (κ3) is 3.51. The number of benzene rings is 2. The van der Waals surface area contributed by atoms with Gasteiger partial charge in [0.2, 0.25) is 0 Å². The van der Waals surface area contributed by atoms with Crippen LogP contribution in [0, 0.1) is 12.7 Å². The number of hydrogen-bond acceptors (Lipinski definition) is 3. The van der Waals surface area contributed by atoms with Crippen molar-refractivity contribution in [3.8, 4) is 5.75 Å². The molecule has 25 heavy (non-hydrogen) atoms. The average molecular weight is 342 g/mol. The summed E-state index contributed by atoms with van der Waals surface area (Å²) in [6.07, 6.45) is 0.719. The van der Waals surface area contributed by atoms with E-state index in [1.165, 1.54) is 12.1 Å². The summed E-state index contributed by atoms with van der Waals surface area (Å²) in [6.45, 7) is 5.21. The van der Waals surface area contributed by atoms with Crippen molar-refractivity contribution >= 4 is 5.91 Å². The lowest BCUT2D eigenvalue weighted by Crippen LogP contribution is -2.39. The Morgan fingerprint density at radius 3 is 2.88 bits per heavy atom. The standard InChI is InChI=1S/C20H23FN2O2/c1-13-3-6-19(25-10-8-22)18(11-13)20(24)23-9-7-15-4-5-16(21)12-17(15)14(23)2/h3-6,11-12,14H,7-10,22H2,1-2H3/t14-/m0/s1. The van der Waals surface area contributed by atoms with Gasteiger partial charge in [0.25, 0.3) is 5.91 Å². The Labute approximate surface area is 147 Å². The van der Waals surface area contributed by atoms with Gasteiger partial charge in [-0.05, 0) is 55.7 Å². The molecule has 1 heterocycles. The van der Waals surface area contributed by atoms with E-state index in [-0.39, 0.29) is 17.8 Å². The van der Waals surface area contributed by atoms with Gasteiger partial charge in [-0.2, -0.15) is 0 Å². The topological polar surface area (TPSA) is 55.6 Å². The van der Waals surface area contributed by atoms with Gasteiger partial charge < -0.3 is 15.4 Å². The number of amides is 1. The molecule has 3 rings (SSSR count). The summed E-state index contributed by atoms with van der Waals surface area (Å²) in [7, 11) is 0. The maximum Gasteiger partial charge on any atom is 0.258 e. The van der Waals surface area contributed by atoms with Crippen molar-refractivity contribution < 1.29 is 13.9 Å². The number of carbonyl (C=O) groups excluding carboxylic acids is 1. The number of aryl methyl sites for hydroxylation is 1. The van der Waals surface area contributed by atoms with Gasteiger partial charge in [-0.1, -0.05) is 17.7 Å². The van der Waals surface area contributed by atoms with Crippen LogP contribution in [0.5, 0.6) is 5.75 Å². The fourth-order valence-corrected chi connectivity index (χ4v) is 3.32. The third-order valence-corrected chi connectivity index (χ3v) is 4.65. The predicted octanol–water partition coefficient (Wildman–Crippen LogP) is 3.23. The third-order valence-electron chi connectivity index (χ3n) is 4.65. The number of nitrogens with zero attached hydrogens (tertiary/aromatic N) is 1. The minimum absolute atomic E-state index is 0.0990. The molecular weight excluding hydrogens is 319 g/mol. The molecule has 2 aromatic rings. The summed E-state index contributed by atoms with van der Waals surface area (Å²) in [4.78, 5) is 14.9. The number of fused-ring (bicyclic) bond motifs is 1. The van der Waals surface area contributed by atoms with E-state index in [1.807, 2.05) is 32.0 Å². The minimum Gasteiger partial charge on any atom is -0.491 e. The van der Waals surface area contributed by atoms with Gasteiger partial charge in [-0.15, -0.1) is 0 Å². The molecule has 0 fully saturated rings. The van der Waals surface area contributed by atoms with Gasteiger partial charge in [0.1, 0.15) is 18.2 Å². The second-order valence-electron chi connectivity index (χ2n) is 6.40. The number of ether oxygens (including phenoxy) is 1. The monoisotopic (exact) mass is 342 g/mol. The summed E-state index contributed by atoms with van der Waals surface area (Å²) < 4.78 is 19.3. The van der Waals surface area contributed by atoms with Gasteiger partial charge in [0, 0.05) is 13.1 Å². The Hall–Kier alpha value is -2.40. The number of hydrogen-bond donors (Lipinski definition) is 1. The first-order valence-corrected chi connectivity index (χ1v) is 8.54. The van der Waals surface area contributed by atoms with Gasteiger partial charge in [-0.3, -0.25) is 4.79 Å². The Morgan fingerprint density at radius 1 is 1.32 bits per heavy atom. The first-order chi connectivity index (χ1) is 12.0. The Balaban J connectivity index is 1.92. The molecule has 1 atom stereocenters. The molecule has 1 aliphatic rings. The summed E-state index contributed by atoms with van der Waals surface area (Å²) in [6, 6.07) is 10.2. The van der Waals surface area contributed by atoms with Gasteiger partial charge in [-0.25, -0.2) is 4.39 Å². The highest BCUT2D eigenvalue weighted by Crippen LogP contribution is 2.33. The Morgan fingerprint density at radius 2 is 2.12 bits per heavy atom. The molecule has 0 radical (unpaired) electrons. The second-order valence-corrected chi connectivity index (χ2v) is 6.40. The molecule has 0 saturated heterocycles. The molecule has 132 valence electrons. The van der Waals surface area contributed by atoms with E-state index in [1.54, 1.807) is 11.0 Å². The number of carbonyl (C=O) groups is 1. The molecule has 0 saturated carbocycles. The number of rotatable bonds is 4. The van der Waals surface area contributed by atoms with Crippen molar-refractivity contribution in [1.82, 2.24) is 4.90 Å². The molecule has 2 aromatic carbocycles. The Bertz CT molecular complexity index is 791. The largest absolute Gasteiger partial charge is 0.491 e. The zero-order valence-corrected chi connectivity index (χ0v) is 14.6. The van der Waals surface area contributed by atoms with Gasteiger partial charge in [0.05, 0.1) is 11.6 Å². The lowest BCUT2D eigenvalue weighted by molar-refractivity contribution is 0.0673. The summed E-state index contributed by atoms with van der Waals surface area (Å²) in [5.74, 6) is 0.166. The molecule has 0 bridgehead atoms. The fraction of sp³-hybridized carbons (Fsp3) is 0.350. The van der Waals surface area contributed by atoms with E-state index >= 15 is 0 Å². The van der Waals surface area contributed by atoms with Gasteiger partial charge in [0.15, 0.2) is 0 Å².